The number of non-ortho nitro benzene ring substituents is 2. The van der Waals surface area contributed by atoms with E-state index in [0.717, 1.165) is 25.7 Å². The Morgan fingerprint density at radius 1 is 0.871 bits per heavy atom. The maximum absolute atomic E-state index is 10.6. The first-order valence-corrected chi connectivity index (χ1v) is 10.9. The van der Waals surface area contributed by atoms with Crippen molar-refractivity contribution in [3.8, 4) is 0 Å². The summed E-state index contributed by atoms with van der Waals surface area (Å²) in [5.41, 5.74) is 2.22. The standard InChI is InChI=1S/C11H12N2O2.C8H6N2O2.C3H7I/c1-8(2)12-6-5-9-7-10(13(14)15)3-4-11(9)12;11-10(12)7-1-2-8-6(5-7)3-4-9-8;1-3(2)4/h3-8H,1-2H3;1-5,9H;3H,1-2H3. The van der Waals surface area contributed by atoms with Crippen LogP contribution in [0.4, 0.5) is 11.4 Å². The summed E-state index contributed by atoms with van der Waals surface area (Å²) in [7, 11) is 0. The van der Waals surface area contributed by atoms with Crippen LogP contribution >= 0.6 is 22.6 Å². The Morgan fingerprint density at radius 2 is 1.42 bits per heavy atom. The summed E-state index contributed by atoms with van der Waals surface area (Å²) in [5.74, 6) is 0. The minimum Gasteiger partial charge on any atom is -0.361 e. The number of hydrogen-bond donors (Lipinski definition) is 1. The second-order valence-corrected chi connectivity index (χ2v) is 9.83. The molecule has 4 aromatic rings. The second-order valence-electron chi connectivity index (χ2n) is 7.34. The lowest BCUT2D eigenvalue weighted by molar-refractivity contribution is -0.384. The van der Waals surface area contributed by atoms with Gasteiger partial charge in [-0.05, 0) is 38.1 Å². The van der Waals surface area contributed by atoms with Crippen LogP contribution in [0.3, 0.4) is 0 Å². The lowest BCUT2D eigenvalue weighted by Crippen LogP contribution is -1.97. The van der Waals surface area contributed by atoms with E-state index in [1.165, 1.54) is 6.07 Å². The largest absolute Gasteiger partial charge is 0.361 e. The Hall–Kier alpha value is -2.95. The van der Waals surface area contributed by atoms with E-state index in [-0.39, 0.29) is 16.3 Å². The van der Waals surface area contributed by atoms with Crippen molar-refractivity contribution in [2.24, 2.45) is 0 Å². The van der Waals surface area contributed by atoms with Crippen LogP contribution in [0.2, 0.25) is 0 Å². The number of fused-ring (bicyclic) bond motifs is 2. The molecule has 31 heavy (non-hydrogen) atoms. The molecular formula is C22H25IN4O4. The Morgan fingerprint density at radius 3 is 1.97 bits per heavy atom. The van der Waals surface area contributed by atoms with Crippen LogP contribution in [-0.2, 0) is 0 Å². The number of nitro benzene ring substituents is 2. The van der Waals surface area contributed by atoms with E-state index in [1.54, 1.807) is 36.5 Å². The highest BCUT2D eigenvalue weighted by Gasteiger charge is 2.09. The summed E-state index contributed by atoms with van der Waals surface area (Å²) < 4.78 is 2.90. The van der Waals surface area contributed by atoms with Gasteiger partial charge in [0, 0.05) is 68.4 Å². The molecule has 0 aliphatic heterocycles. The molecule has 0 aliphatic rings. The van der Waals surface area contributed by atoms with E-state index in [9.17, 15) is 20.2 Å². The predicted octanol–water partition coefficient (Wildman–Crippen LogP) is 7.04. The van der Waals surface area contributed by atoms with Crippen molar-refractivity contribution < 1.29 is 9.85 Å². The van der Waals surface area contributed by atoms with Gasteiger partial charge in [0.25, 0.3) is 11.4 Å². The molecule has 1 N–H and O–H groups in total. The number of H-pyrrole nitrogens is 1. The predicted molar refractivity (Wildman–Crippen MR) is 133 cm³/mol. The molecule has 2 aromatic carbocycles. The first-order chi connectivity index (χ1) is 14.6. The van der Waals surface area contributed by atoms with Crippen LogP contribution in [-0.4, -0.2) is 23.3 Å². The number of nitrogens with zero attached hydrogens (tertiary/aromatic N) is 3. The average molecular weight is 536 g/mol. The second kappa shape index (κ2) is 10.9. The molecule has 0 saturated carbocycles. The molecule has 0 bridgehead atoms. The molecule has 8 nitrogen and oxygen atoms in total. The number of rotatable bonds is 3. The fourth-order valence-corrected chi connectivity index (χ4v) is 2.87. The van der Waals surface area contributed by atoms with Gasteiger partial charge in [0.2, 0.25) is 0 Å². The van der Waals surface area contributed by atoms with Gasteiger partial charge in [-0.15, -0.1) is 0 Å². The van der Waals surface area contributed by atoms with Gasteiger partial charge >= 0.3 is 0 Å². The van der Waals surface area contributed by atoms with Crippen molar-refractivity contribution in [2.45, 2.75) is 37.7 Å². The fraction of sp³-hybridized carbons (Fsp3) is 0.273. The molecule has 164 valence electrons. The van der Waals surface area contributed by atoms with E-state index < -0.39 is 4.92 Å². The Bertz CT molecular complexity index is 1180. The molecule has 0 saturated heterocycles. The highest BCUT2D eigenvalue weighted by molar-refractivity contribution is 14.1. The van der Waals surface area contributed by atoms with E-state index in [4.69, 9.17) is 0 Å². The SMILES string of the molecule is CC(C)I.CC(C)n1ccc2cc([N+](=O)[O-])ccc21.O=[N+]([O-])c1ccc2[nH]ccc2c1. The zero-order valence-electron chi connectivity index (χ0n) is 17.8. The molecular weight excluding hydrogens is 511 g/mol. The maximum Gasteiger partial charge on any atom is 0.270 e. The van der Waals surface area contributed by atoms with Crippen molar-refractivity contribution in [3.05, 3.63) is 81.2 Å². The number of aromatic amines is 1. The first-order valence-electron chi connectivity index (χ1n) is 9.70. The van der Waals surface area contributed by atoms with Crippen molar-refractivity contribution in [1.82, 2.24) is 9.55 Å². The summed E-state index contributed by atoms with van der Waals surface area (Å²) in [6, 6.07) is 13.8. The van der Waals surface area contributed by atoms with E-state index in [1.807, 2.05) is 18.3 Å². The smallest absolute Gasteiger partial charge is 0.270 e. The number of aromatic nitrogens is 2. The zero-order valence-corrected chi connectivity index (χ0v) is 19.9. The molecule has 0 fully saturated rings. The summed E-state index contributed by atoms with van der Waals surface area (Å²) >= 11 is 2.34. The summed E-state index contributed by atoms with van der Waals surface area (Å²) in [4.78, 5) is 23.1. The normalized spacial score (nSPS) is 10.5. The van der Waals surface area contributed by atoms with Crippen molar-refractivity contribution in [2.75, 3.05) is 0 Å². The van der Waals surface area contributed by atoms with Gasteiger partial charge in [-0.3, -0.25) is 20.2 Å². The molecule has 0 radical (unpaired) electrons. The van der Waals surface area contributed by atoms with Crippen LogP contribution in [0.25, 0.3) is 21.8 Å². The van der Waals surface area contributed by atoms with Crippen molar-refractivity contribution >= 4 is 55.8 Å². The summed E-state index contributed by atoms with van der Waals surface area (Å²) in [5, 5.41) is 22.7. The Labute approximate surface area is 193 Å². The lowest BCUT2D eigenvalue weighted by Gasteiger charge is -2.08. The van der Waals surface area contributed by atoms with Gasteiger partial charge in [0.05, 0.1) is 9.85 Å². The quantitative estimate of drug-likeness (QED) is 0.131. The molecule has 0 amide bonds. The number of benzene rings is 2. The van der Waals surface area contributed by atoms with Crippen molar-refractivity contribution in [1.29, 1.82) is 0 Å². The molecule has 2 heterocycles. The first kappa shape index (κ1) is 24.3. The molecule has 0 aliphatic carbocycles. The van der Waals surface area contributed by atoms with Gasteiger partial charge in [0.1, 0.15) is 0 Å². The van der Waals surface area contributed by atoms with Crippen LogP contribution in [0.5, 0.6) is 0 Å². The van der Waals surface area contributed by atoms with E-state index in [2.05, 4.69) is 59.8 Å². The van der Waals surface area contributed by atoms with E-state index in [0.29, 0.717) is 6.04 Å². The monoisotopic (exact) mass is 536 g/mol. The Balaban J connectivity index is 0.000000192. The molecule has 0 atom stereocenters. The zero-order chi connectivity index (χ0) is 23.1. The number of alkyl halides is 1. The Kier molecular flexibility index (Phi) is 8.55. The molecule has 0 unspecified atom stereocenters. The number of hydrogen-bond acceptors (Lipinski definition) is 4. The third-order valence-electron chi connectivity index (χ3n) is 4.22. The number of nitro groups is 2. The van der Waals surface area contributed by atoms with Gasteiger partial charge in [0.15, 0.2) is 0 Å². The topological polar surface area (TPSA) is 107 Å². The van der Waals surface area contributed by atoms with Gasteiger partial charge < -0.3 is 9.55 Å². The number of nitrogens with one attached hydrogen (secondary N) is 1. The molecule has 2 aromatic heterocycles. The molecule has 0 spiro atoms. The average Bonchev–Trinajstić information content (AvgIpc) is 3.33. The lowest BCUT2D eigenvalue weighted by atomic mass is 10.2. The van der Waals surface area contributed by atoms with Gasteiger partial charge in [-0.25, -0.2) is 0 Å². The number of halogens is 1. The van der Waals surface area contributed by atoms with Gasteiger partial charge in [-0.2, -0.15) is 0 Å². The van der Waals surface area contributed by atoms with Crippen LogP contribution in [0, 0.1) is 20.2 Å². The molecule has 9 heteroatoms. The van der Waals surface area contributed by atoms with Crippen molar-refractivity contribution in [3.63, 3.8) is 0 Å². The molecule has 4 rings (SSSR count). The minimum atomic E-state index is -0.396. The summed E-state index contributed by atoms with van der Waals surface area (Å²) in [6.07, 6.45) is 3.72. The van der Waals surface area contributed by atoms with Crippen LogP contribution in [0.1, 0.15) is 33.7 Å². The fourth-order valence-electron chi connectivity index (χ4n) is 2.87. The maximum atomic E-state index is 10.6. The minimum absolute atomic E-state index is 0.127. The highest BCUT2D eigenvalue weighted by Crippen LogP contribution is 2.24. The highest BCUT2D eigenvalue weighted by atomic mass is 127. The van der Waals surface area contributed by atoms with E-state index >= 15 is 0 Å². The van der Waals surface area contributed by atoms with Crippen LogP contribution < -0.4 is 0 Å². The van der Waals surface area contributed by atoms with Gasteiger partial charge in [-0.1, -0.05) is 36.4 Å². The van der Waals surface area contributed by atoms with Crippen LogP contribution in [0.15, 0.2) is 60.9 Å². The third-order valence-corrected chi connectivity index (χ3v) is 4.22. The summed E-state index contributed by atoms with van der Waals surface area (Å²) in [6.45, 7) is 8.48. The third kappa shape index (κ3) is 6.78.